The van der Waals surface area contributed by atoms with Gasteiger partial charge < -0.3 is 10.6 Å². The fourth-order valence-electron chi connectivity index (χ4n) is 1.69. The van der Waals surface area contributed by atoms with Gasteiger partial charge in [-0.15, -0.1) is 5.10 Å². The Morgan fingerprint density at radius 2 is 2.33 bits per heavy atom. The largest absolute Gasteiger partial charge is 0.368 e. The number of nitrogens with one attached hydrogen (secondary N) is 1. The highest BCUT2D eigenvalue weighted by molar-refractivity contribution is 7.91. The van der Waals surface area contributed by atoms with E-state index >= 15 is 0 Å². The third-order valence-corrected chi connectivity index (χ3v) is 4.21. The van der Waals surface area contributed by atoms with Gasteiger partial charge in [-0.25, -0.2) is 13.5 Å². The van der Waals surface area contributed by atoms with E-state index < -0.39 is 9.84 Å². The number of nitrogen functional groups attached to an aromatic ring is 1. The molecule has 0 radical (unpaired) electrons. The van der Waals surface area contributed by atoms with Crippen molar-refractivity contribution >= 4 is 21.7 Å². The van der Waals surface area contributed by atoms with Crippen LogP contribution in [0.25, 0.3) is 0 Å². The Morgan fingerprint density at radius 3 is 2.87 bits per heavy atom. The molecule has 1 aromatic heterocycles. The van der Waals surface area contributed by atoms with Gasteiger partial charge in [-0.05, 0) is 6.92 Å². The number of hydrogen-bond acceptors (Lipinski definition) is 6. The minimum Gasteiger partial charge on any atom is -0.368 e. The van der Waals surface area contributed by atoms with E-state index in [-0.39, 0.29) is 23.5 Å². The zero-order valence-corrected chi connectivity index (χ0v) is 9.16. The minimum absolute atomic E-state index is 0.112. The number of aromatic nitrogens is 3. The van der Waals surface area contributed by atoms with Crippen molar-refractivity contribution in [1.82, 2.24) is 15.2 Å². The number of H-pyrrole nitrogens is 1. The van der Waals surface area contributed by atoms with Crippen molar-refractivity contribution < 1.29 is 8.42 Å². The van der Waals surface area contributed by atoms with Gasteiger partial charge in [0.05, 0.1) is 11.5 Å². The van der Waals surface area contributed by atoms with Crippen molar-refractivity contribution in [2.45, 2.75) is 13.0 Å². The van der Waals surface area contributed by atoms with Crippen LogP contribution >= 0.6 is 0 Å². The normalized spacial score (nSPS) is 25.4. The first kappa shape index (κ1) is 10.2. The second-order valence-corrected chi connectivity index (χ2v) is 5.91. The Hall–Kier alpha value is -1.31. The monoisotopic (exact) mass is 231 g/mol. The molecule has 2 heterocycles. The van der Waals surface area contributed by atoms with Crippen LogP contribution in [0, 0.1) is 0 Å². The van der Waals surface area contributed by atoms with Gasteiger partial charge in [0.2, 0.25) is 11.9 Å². The summed E-state index contributed by atoms with van der Waals surface area (Å²) in [7, 11) is -2.90. The highest BCUT2D eigenvalue weighted by Crippen LogP contribution is 2.17. The summed E-state index contributed by atoms with van der Waals surface area (Å²) in [4.78, 5) is 5.82. The Labute approximate surface area is 87.6 Å². The van der Waals surface area contributed by atoms with E-state index in [1.54, 1.807) is 0 Å². The average molecular weight is 231 g/mol. The molecule has 0 bridgehead atoms. The highest BCUT2D eigenvalue weighted by Gasteiger charge is 2.30. The molecule has 2 rings (SSSR count). The first-order valence-electron chi connectivity index (χ1n) is 4.63. The van der Waals surface area contributed by atoms with Gasteiger partial charge in [0.1, 0.15) is 0 Å². The van der Waals surface area contributed by atoms with E-state index in [1.807, 2.05) is 11.8 Å². The van der Waals surface area contributed by atoms with Crippen molar-refractivity contribution in [2.24, 2.45) is 0 Å². The molecule has 0 saturated carbocycles. The molecule has 0 amide bonds. The number of sulfone groups is 1. The SMILES string of the molecule is CC1CS(=O)(=O)CCN1c1n[nH]c(N)n1. The van der Waals surface area contributed by atoms with E-state index in [2.05, 4.69) is 15.2 Å². The van der Waals surface area contributed by atoms with Crippen LogP contribution in [-0.4, -0.2) is 47.7 Å². The predicted molar refractivity (Wildman–Crippen MR) is 56.3 cm³/mol. The molecular weight excluding hydrogens is 218 g/mol. The summed E-state index contributed by atoms with van der Waals surface area (Å²) in [6, 6.07) is -0.112. The molecule has 84 valence electrons. The maximum Gasteiger partial charge on any atom is 0.246 e. The number of hydrogen-bond donors (Lipinski definition) is 2. The standard InChI is InChI=1S/C7H13N5O2S/c1-5-4-15(13,14)3-2-12(5)7-9-6(8)10-11-7/h5H,2-4H2,1H3,(H3,8,9,10,11). The summed E-state index contributed by atoms with van der Waals surface area (Å²) in [5, 5.41) is 6.44. The van der Waals surface area contributed by atoms with E-state index in [1.165, 1.54) is 0 Å². The average Bonchev–Trinajstić information content (AvgIpc) is 2.50. The van der Waals surface area contributed by atoms with Crippen molar-refractivity contribution in [1.29, 1.82) is 0 Å². The maximum absolute atomic E-state index is 11.3. The molecule has 0 aromatic carbocycles. The van der Waals surface area contributed by atoms with Crippen LogP contribution in [0.5, 0.6) is 0 Å². The fraction of sp³-hybridized carbons (Fsp3) is 0.714. The maximum atomic E-state index is 11.3. The summed E-state index contributed by atoms with van der Waals surface area (Å²) < 4.78 is 22.7. The Morgan fingerprint density at radius 1 is 1.60 bits per heavy atom. The van der Waals surface area contributed by atoms with E-state index in [0.29, 0.717) is 12.5 Å². The zero-order chi connectivity index (χ0) is 11.1. The van der Waals surface area contributed by atoms with Crippen molar-refractivity contribution in [3.05, 3.63) is 0 Å². The zero-order valence-electron chi connectivity index (χ0n) is 8.34. The third kappa shape index (κ3) is 2.04. The minimum atomic E-state index is -2.90. The van der Waals surface area contributed by atoms with Crippen LogP contribution < -0.4 is 10.6 Å². The molecule has 3 N–H and O–H groups in total. The molecular formula is C7H13N5O2S. The van der Waals surface area contributed by atoms with Crippen LogP contribution in [0.4, 0.5) is 11.9 Å². The molecule has 1 aliphatic rings. The molecule has 1 fully saturated rings. The molecule has 0 aliphatic carbocycles. The van der Waals surface area contributed by atoms with Crippen molar-refractivity contribution in [2.75, 3.05) is 28.7 Å². The molecule has 15 heavy (non-hydrogen) atoms. The Kier molecular flexibility index (Phi) is 2.29. The lowest BCUT2D eigenvalue weighted by molar-refractivity contribution is 0.565. The molecule has 1 unspecified atom stereocenters. The number of rotatable bonds is 1. The molecule has 1 saturated heterocycles. The van der Waals surface area contributed by atoms with Crippen LogP contribution in [0.2, 0.25) is 0 Å². The first-order valence-corrected chi connectivity index (χ1v) is 6.45. The molecule has 1 aromatic rings. The lowest BCUT2D eigenvalue weighted by atomic mass is 10.3. The van der Waals surface area contributed by atoms with Gasteiger partial charge in [-0.3, -0.25) is 0 Å². The van der Waals surface area contributed by atoms with Gasteiger partial charge in [-0.2, -0.15) is 4.98 Å². The highest BCUT2D eigenvalue weighted by atomic mass is 32.2. The fourth-order valence-corrected chi connectivity index (χ4v) is 3.25. The smallest absolute Gasteiger partial charge is 0.246 e. The van der Waals surface area contributed by atoms with Gasteiger partial charge in [0.25, 0.3) is 0 Å². The second-order valence-electron chi connectivity index (χ2n) is 3.68. The summed E-state index contributed by atoms with van der Waals surface area (Å²) >= 11 is 0. The van der Waals surface area contributed by atoms with Crippen LogP contribution in [-0.2, 0) is 9.84 Å². The van der Waals surface area contributed by atoms with Crippen LogP contribution in [0.1, 0.15) is 6.92 Å². The molecule has 7 nitrogen and oxygen atoms in total. The molecule has 1 atom stereocenters. The molecule has 8 heteroatoms. The summed E-state index contributed by atoms with van der Waals surface area (Å²) in [5.74, 6) is 0.994. The van der Waals surface area contributed by atoms with E-state index in [4.69, 9.17) is 5.73 Å². The Balaban J connectivity index is 2.19. The molecule has 0 spiro atoms. The third-order valence-electron chi connectivity index (χ3n) is 2.42. The Bertz CT molecular complexity index is 454. The summed E-state index contributed by atoms with van der Waals surface area (Å²) in [6.07, 6.45) is 0. The second kappa shape index (κ2) is 3.37. The lowest BCUT2D eigenvalue weighted by Gasteiger charge is -2.31. The summed E-state index contributed by atoms with van der Waals surface area (Å²) in [6.45, 7) is 2.25. The number of nitrogens with zero attached hydrogens (tertiary/aromatic N) is 3. The van der Waals surface area contributed by atoms with Gasteiger partial charge in [0, 0.05) is 12.6 Å². The van der Waals surface area contributed by atoms with Crippen molar-refractivity contribution in [3.63, 3.8) is 0 Å². The predicted octanol–water partition coefficient (Wildman–Crippen LogP) is -0.990. The molecule has 1 aliphatic heterocycles. The first-order chi connectivity index (χ1) is 6.98. The summed E-state index contributed by atoms with van der Waals surface area (Å²) in [5.41, 5.74) is 5.41. The van der Waals surface area contributed by atoms with E-state index in [9.17, 15) is 8.42 Å². The van der Waals surface area contributed by atoms with Crippen molar-refractivity contribution in [3.8, 4) is 0 Å². The lowest BCUT2D eigenvalue weighted by Crippen LogP contribution is -2.47. The van der Waals surface area contributed by atoms with Crippen LogP contribution in [0.3, 0.4) is 0 Å². The van der Waals surface area contributed by atoms with Gasteiger partial charge in [-0.1, -0.05) is 0 Å². The van der Waals surface area contributed by atoms with E-state index in [0.717, 1.165) is 0 Å². The van der Waals surface area contributed by atoms with Gasteiger partial charge in [0.15, 0.2) is 9.84 Å². The number of aromatic amines is 1. The topological polar surface area (TPSA) is 105 Å². The number of anilines is 2. The quantitative estimate of drug-likeness (QED) is 0.643. The number of nitrogens with two attached hydrogens (primary N) is 1. The van der Waals surface area contributed by atoms with Gasteiger partial charge >= 0.3 is 0 Å². The van der Waals surface area contributed by atoms with Crippen LogP contribution in [0.15, 0.2) is 0 Å².